The minimum atomic E-state index is 1.06. The summed E-state index contributed by atoms with van der Waals surface area (Å²) in [6.45, 7) is 4.40. The lowest BCUT2D eigenvalue weighted by molar-refractivity contribution is 0.670. The van der Waals surface area contributed by atoms with E-state index in [1.54, 1.807) is 11.3 Å². The van der Waals surface area contributed by atoms with Gasteiger partial charge in [-0.1, -0.05) is 6.92 Å². The van der Waals surface area contributed by atoms with Crippen LogP contribution in [0, 0.1) is 0 Å². The Kier molecular flexibility index (Phi) is 7.09. The van der Waals surface area contributed by atoms with E-state index in [9.17, 15) is 0 Å². The largest absolute Gasteiger partial charge is 0.316 e. The van der Waals surface area contributed by atoms with E-state index in [0.29, 0.717) is 0 Å². The summed E-state index contributed by atoms with van der Waals surface area (Å²) in [7, 11) is 0. The van der Waals surface area contributed by atoms with E-state index in [1.807, 2.05) is 17.3 Å². The van der Waals surface area contributed by atoms with Crippen molar-refractivity contribution in [3.8, 4) is 0 Å². The predicted octanol–water partition coefficient (Wildman–Crippen LogP) is 2.42. The standard InChI is InChI=1S/C10H18N2S2/c1-2-13-7-3-5-11-6-4-10-8-14-9-12-10/h8-9,11H,2-7H2,1H3. The Balaban J connectivity index is 1.85. The molecule has 0 bridgehead atoms. The van der Waals surface area contributed by atoms with E-state index in [-0.39, 0.29) is 0 Å². The van der Waals surface area contributed by atoms with Crippen molar-refractivity contribution in [2.24, 2.45) is 0 Å². The summed E-state index contributed by atoms with van der Waals surface area (Å²) in [5, 5.41) is 5.55. The average molecular weight is 230 g/mol. The third-order valence-corrected chi connectivity index (χ3v) is 3.51. The maximum atomic E-state index is 4.24. The molecule has 1 heterocycles. The van der Waals surface area contributed by atoms with Crippen LogP contribution in [-0.4, -0.2) is 29.6 Å². The van der Waals surface area contributed by atoms with E-state index in [4.69, 9.17) is 0 Å². The van der Waals surface area contributed by atoms with Gasteiger partial charge in [-0.3, -0.25) is 0 Å². The predicted molar refractivity (Wildman–Crippen MR) is 66.3 cm³/mol. The zero-order valence-electron chi connectivity index (χ0n) is 8.66. The molecule has 0 aliphatic rings. The van der Waals surface area contributed by atoms with Crippen molar-refractivity contribution in [3.05, 3.63) is 16.6 Å². The van der Waals surface area contributed by atoms with Gasteiger partial charge in [0, 0.05) is 18.3 Å². The minimum Gasteiger partial charge on any atom is -0.316 e. The molecule has 0 amide bonds. The lowest BCUT2D eigenvalue weighted by Gasteiger charge is -2.02. The molecule has 0 spiro atoms. The highest BCUT2D eigenvalue weighted by molar-refractivity contribution is 7.99. The fraction of sp³-hybridized carbons (Fsp3) is 0.700. The molecule has 2 nitrogen and oxygen atoms in total. The number of nitrogens with zero attached hydrogens (tertiary/aromatic N) is 1. The summed E-state index contributed by atoms with van der Waals surface area (Å²) >= 11 is 3.69. The van der Waals surface area contributed by atoms with Gasteiger partial charge in [0.25, 0.3) is 0 Å². The van der Waals surface area contributed by atoms with Crippen LogP contribution < -0.4 is 5.32 Å². The quantitative estimate of drug-likeness (QED) is 0.694. The van der Waals surface area contributed by atoms with E-state index in [0.717, 1.165) is 19.5 Å². The van der Waals surface area contributed by atoms with Crippen molar-refractivity contribution < 1.29 is 0 Å². The second-order valence-electron chi connectivity index (χ2n) is 3.03. The van der Waals surface area contributed by atoms with Gasteiger partial charge in [0.15, 0.2) is 0 Å². The monoisotopic (exact) mass is 230 g/mol. The highest BCUT2D eigenvalue weighted by atomic mass is 32.2. The molecule has 0 saturated carbocycles. The number of nitrogens with one attached hydrogen (secondary N) is 1. The molecule has 1 N–H and O–H groups in total. The number of aromatic nitrogens is 1. The molecule has 14 heavy (non-hydrogen) atoms. The van der Waals surface area contributed by atoms with Crippen LogP contribution >= 0.6 is 23.1 Å². The van der Waals surface area contributed by atoms with Gasteiger partial charge in [-0.25, -0.2) is 4.98 Å². The number of hydrogen-bond acceptors (Lipinski definition) is 4. The molecular weight excluding hydrogens is 212 g/mol. The van der Waals surface area contributed by atoms with Gasteiger partial charge in [-0.15, -0.1) is 11.3 Å². The van der Waals surface area contributed by atoms with Gasteiger partial charge in [0.2, 0.25) is 0 Å². The van der Waals surface area contributed by atoms with E-state index < -0.39 is 0 Å². The summed E-state index contributed by atoms with van der Waals surface area (Å²) in [6, 6.07) is 0. The molecule has 4 heteroatoms. The second kappa shape index (κ2) is 8.26. The average Bonchev–Trinajstić information content (AvgIpc) is 2.69. The van der Waals surface area contributed by atoms with Gasteiger partial charge in [-0.2, -0.15) is 11.8 Å². The first-order valence-electron chi connectivity index (χ1n) is 5.09. The van der Waals surface area contributed by atoms with Crippen molar-refractivity contribution in [2.75, 3.05) is 24.6 Å². The van der Waals surface area contributed by atoms with Crippen molar-refractivity contribution in [1.29, 1.82) is 0 Å². The van der Waals surface area contributed by atoms with Gasteiger partial charge in [0.1, 0.15) is 0 Å². The first kappa shape index (κ1) is 12.0. The highest BCUT2D eigenvalue weighted by Crippen LogP contribution is 2.01. The summed E-state index contributed by atoms with van der Waals surface area (Å²) < 4.78 is 0. The molecular formula is C10H18N2S2. The van der Waals surface area contributed by atoms with Gasteiger partial charge in [-0.05, 0) is 24.5 Å². The van der Waals surface area contributed by atoms with E-state index >= 15 is 0 Å². The lowest BCUT2D eigenvalue weighted by Crippen LogP contribution is -2.19. The molecule has 0 aliphatic heterocycles. The Labute approximate surface area is 94.5 Å². The van der Waals surface area contributed by atoms with Crippen LogP contribution in [0.5, 0.6) is 0 Å². The zero-order chi connectivity index (χ0) is 10.1. The Hall–Kier alpha value is -0.0600. The SMILES string of the molecule is CCSCCCNCCc1cscn1. The van der Waals surface area contributed by atoms with E-state index in [1.165, 1.54) is 23.6 Å². The lowest BCUT2D eigenvalue weighted by atomic mass is 10.3. The first-order valence-corrected chi connectivity index (χ1v) is 7.18. The molecule has 1 aromatic rings. The van der Waals surface area contributed by atoms with Crippen LogP contribution in [0.2, 0.25) is 0 Å². The third-order valence-electron chi connectivity index (χ3n) is 1.89. The van der Waals surface area contributed by atoms with Crippen LogP contribution in [0.3, 0.4) is 0 Å². The maximum Gasteiger partial charge on any atom is 0.0794 e. The molecule has 1 aromatic heterocycles. The van der Waals surface area contributed by atoms with Crippen LogP contribution in [-0.2, 0) is 6.42 Å². The Morgan fingerprint density at radius 2 is 2.43 bits per heavy atom. The summed E-state index contributed by atoms with van der Waals surface area (Å²) in [5.74, 6) is 2.51. The zero-order valence-corrected chi connectivity index (χ0v) is 10.3. The van der Waals surface area contributed by atoms with Crippen LogP contribution in [0.15, 0.2) is 10.9 Å². The van der Waals surface area contributed by atoms with Crippen LogP contribution in [0.1, 0.15) is 19.0 Å². The number of thiazole rings is 1. The Morgan fingerprint density at radius 3 is 3.14 bits per heavy atom. The fourth-order valence-corrected chi connectivity index (χ4v) is 2.38. The molecule has 0 atom stereocenters. The molecule has 80 valence electrons. The van der Waals surface area contributed by atoms with Crippen LogP contribution in [0.4, 0.5) is 0 Å². The molecule has 1 rings (SSSR count). The molecule has 0 fully saturated rings. The number of rotatable bonds is 8. The summed E-state index contributed by atoms with van der Waals surface area (Å²) in [6.07, 6.45) is 2.33. The summed E-state index contributed by atoms with van der Waals surface area (Å²) in [4.78, 5) is 4.24. The first-order chi connectivity index (χ1) is 6.93. The highest BCUT2D eigenvalue weighted by Gasteiger charge is 1.93. The topological polar surface area (TPSA) is 24.9 Å². The normalized spacial score (nSPS) is 10.6. The maximum absolute atomic E-state index is 4.24. The minimum absolute atomic E-state index is 1.06. The molecule has 0 unspecified atom stereocenters. The molecule has 0 radical (unpaired) electrons. The van der Waals surface area contributed by atoms with Crippen molar-refractivity contribution >= 4 is 23.1 Å². The van der Waals surface area contributed by atoms with Gasteiger partial charge in [0.05, 0.1) is 11.2 Å². The van der Waals surface area contributed by atoms with Crippen molar-refractivity contribution in [1.82, 2.24) is 10.3 Å². The molecule has 0 aliphatic carbocycles. The van der Waals surface area contributed by atoms with Gasteiger partial charge >= 0.3 is 0 Å². The van der Waals surface area contributed by atoms with Crippen molar-refractivity contribution in [2.45, 2.75) is 19.8 Å². The smallest absolute Gasteiger partial charge is 0.0794 e. The Morgan fingerprint density at radius 1 is 1.50 bits per heavy atom. The van der Waals surface area contributed by atoms with Crippen LogP contribution in [0.25, 0.3) is 0 Å². The number of hydrogen-bond donors (Lipinski definition) is 1. The summed E-state index contributed by atoms with van der Waals surface area (Å²) in [5.41, 5.74) is 3.11. The van der Waals surface area contributed by atoms with Gasteiger partial charge < -0.3 is 5.32 Å². The Bertz CT molecular complexity index is 212. The third kappa shape index (κ3) is 5.62. The molecule has 0 aromatic carbocycles. The van der Waals surface area contributed by atoms with Crippen molar-refractivity contribution in [3.63, 3.8) is 0 Å². The number of thioether (sulfide) groups is 1. The fourth-order valence-electron chi connectivity index (χ4n) is 1.15. The second-order valence-corrected chi connectivity index (χ2v) is 5.14. The van der Waals surface area contributed by atoms with E-state index in [2.05, 4.69) is 22.6 Å². The molecule has 0 saturated heterocycles.